The molecule has 2 saturated heterocycles. The molecule has 32 heavy (non-hydrogen) atoms. The Morgan fingerprint density at radius 2 is 1.50 bits per heavy atom. The van der Waals surface area contributed by atoms with Crippen molar-refractivity contribution in [3.8, 4) is 5.75 Å². The Morgan fingerprint density at radius 1 is 0.844 bits per heavy atom. The normalized spacial score (nSPS) is 22.4. The highest BCUT2D eigenvalue weighted by atomic mass is 35.5. The lowest BCUT2D eigenvalue weighted by molar-refractivity contribution is -0.126. The van der Waals surface area contributed by atoms with Crippen LogP contribution in [-0.4, -0.2) is 25.0 Å². The van der Waals surface area contributed by atoms with Crippen LogP contribution in [0.4, 0.5) is 11.4 Å². The summed E-state index contributed by atoms with van der Waals surface area (Å²) in [6.45, 7) is 0. The second-order valence-corrected chi connectivity index (χ2v) is 8.30. The molecule has 0 unspecified atom stereocenters. The van der Waals surface area contributed by atoms with Crippen molar-refractivity contribution in [2.75, 3.05) is 17.1 Å². The standard InChI is InChI=1S/C24H18Cl2N2O4/c1-31-18-13-6-5-10-15(18)20-19-22(32-28(20)14-8-3-2-4-9-14)24(30)27(23(19)29)21-16(25)11-7-12-17(21)26/h2-13,19-20,22H,1H3/t19-,20+,22+/m1/s1. The highest BCUT2D eigenvalue weighted by molar-refractivity contribution is 6.42. The Kier molecular flexibility index (Phi) is 5.29. The van der Waals surface area contributed by atoms with Crippen molar-refractivity contribution in [3.63, 3.8) is 0 Å². The molecule has 0 spiro atoms. The van der Waals surface area contributed by atoms with E-state index in [4.69, 9.17) is 32.8 Å². The summed E-state index contributed by atoms with van der Waals surface area (Å²) >= 11 is 12.6. The zero-order chi connectivity index (χ0) is 22.4. The van der Waals surface area contributed by atoms with Gasteiger partial charge in [0.2, 0.25) is 5.91 Å². The van der Waals surface area contributed by atoms with Crippen molar-refractivity contribution in [1.29, 1.82) is 0 Å². The molecule has 0 aromatic heterocycles. The maximum Gasteiger partial charge on any atom is 0.266 e. The zero-order valence-electron chi connectivity index (χ0n) is 16.9. The molecule has 6 nitrogen and oxygen atoms in total. The van der Waals surface area contributed by atoms with Crippen molar-refractivity contribution in [1.82, 2.24) is 0 Å². The molecule has 2 heterocycles. The minimum Gasteiger partial charge on any atom is -0.496 e. The minimum atomic E-state index is -1.02. The van der Waals surface area contributed by atoms with E-state index in [0.29, 0.717) is 5.75 Å². The number of hydrogen-bond acceptors (Lipinski definition) is 5. The lowest BCUT2D eigenvalue weighted by Gasteiger charge is -2.29. The molecule has 0 radical (unpaired) electrons. The van der Waals surface area contributed by atoms with Crippen LogP contribution in [0, 0.1) is 5.92 Å². The molecule has 0 saturated carbocycles. The highest BCUT2D eigenvalue weighted by Gasteiger charge is 2.61. The number of rotatable bonds is 4. The Bertz CT molecular complexity index is 1180. The van der Waals surface area contributed by atoms with Crippen LogP contribution in [0.3, 0.4) is 0 Å². The Labute approximate surface area is 194 Å². The molecule has 3 aromatic rings. The molecule has 0 bridgehead atoms. The molecule has 0 aliphatic carbocycles. The molecule has 8 heteroatoms. The summed E-state index contributed by atoms with van der Waals surface area (Å²) in [5.74, 6) is -1.15. The zero-order valence-corrected chi connectivity index (χ0v) is 18.5. The molecule has 2 fully saturated rings. The molecular formula is C24H18Cl2N2O4. The Morgan fingerprint density at radius 3 is 2.19 bits per heavy atom. The molecule has 2 aliphatic heterocycles. The first kappa shape index (κ1) is 20.8. The van der Waals surface area contributed by atoms with Gasteiger partial charge in [0.05, 0.1) is 34.6 Å². The number of benzene rings is 3. The summed E-state index contributed by atoms with van der Waals surface area (Å²) in [7, 11) is 1.57. The number of anilines is 2. The van der Waals surface area contributed by atoms with Gasteiger partial charge >= 0.3 is 0 Å². The first-order valence-electron chi connectivity index (χ1n) is 9.98. The predicted octanol–water partition coefficient (Wildman–Crippen LogP) is 5.05. The van der Waals surface area contributed by atoms with E-state index >= 15 is 0 Å². The summed E-state index contributed by atoms with van der Waals surface area (Å²) in [6, 6.07) is 21.0. The van der Waals surface area contributed by atoms with E-state index in [9.17, 15) is 9.59 Å². The lowest BCUT2D eigenvalue weighted by Crippen LogP contribution is -2.37. The van der Waals surface area contributed by atoms with Crippen LogP contribution in [0.2, 0.25) is 10.0 Å². The number of hydrogen-bond donors (Lipinski definition) is 0. The third kappa shape index (κ3) is 3.14. The van der Waals surface area contributed by atoms with E-state index in [1.54, 1.807) is 30.4 Å². The van der Waals surface area contributed by atoms with Crippen LogP contribution in [0.25, 0.3) is 0 Å². The molecule has 162 valence electrons. The van der Waals surface area contributed by atoms with E-state index in [1.165, 1.54) is 0 Å². The second-order valence-electron chi connectivity index (χ2n) is 7.48. The van der Waals surface area contributed by atoms with E-state index in [1.807, 2.05) is 54.6 Å². The number of nitrogens with zero attached hydrogens (tertiary/aromatic N) is 2. The number of carbonyl (C=O) groups is 2. The fourth-order valence-corrected chi connectivity index (χ4v) is 4.93. The minimum absolute atomic E-state index is 0.175. The van der Waals surface area contributed by atoms with Crippen molar-refractivity contribution >= 4 is 46.4 Å². The van der Waals surface area contributed by atoms with Gasteiger partial charge in [-0.2, -0.15) is 0 Å². The van der Waals surface area contributed by atoms with Crippen LogP contribution < -0.4 is 14.7 Å². The summed E-state index contributed by atoms with van der Waals surface area (Å²) < 4.78 is 5.57. The number of imide groups is 1. The Balaban J connectivity index is 1.64. The third-order valence-corrected chi connectivity index (χ3v) is 6.35. The Hall–Kier alpha value is -3.06. The van der Waals surface area contributed by atoms with Crippen molar-refractivity contribution in [2.24, 2.45) is 5.92 Å². The average Bonchev–Trinajstić information content (AvgIpc) is 3.31. The molecule has 0 N–H and O–H groups in total. The van der Waals surface area contributed by atoms with Crippen LogP contribution in [0.5, 0.6) is 5.75 Å². The van der Waals surface area contributed by atoms with Gasteiger partial charge in [0.1, 0.15) is 11.7 Å². The van der Waals surface area contributed by atoms with Crippen LogP contribution in [-0.2, 0) is 14.4 Å². The molecule has 3 atom stereocenters. The van der Waals surface area contributed by atoms with E-state index in [0.717, 1.165) is 16.2 Å². The number of carbonyl (C=O) groups excluding carboxylic acids is 2. The number of methoxy groups -OCH3 is 1. The molecule has 2 aliphatic rings. The summed E-state index contributed by atoms with van der Waals surface area (Å²) in [6.07, 6.45) is -1.02. The van der Waals surface area contributed by atoms with Crippen molar-refractivity contribution in [3.05, 3.63) is 88.4 Å². The van der Waals surface area contributed by atoms with Gasteiger partial charge in [-0.1, -0.05) is 65.7 Å². The lowest BCUT2D eigenvalue weighted by atomic mass is 9.90. The number of para-hydroxylation sites is 3. The maximum atomic E-state index is 13.7. The number of halogens is 2. The third-order valence-electron chi connectivity index (χ3n) is 5.74. The van der Waals surface area contributed by atoms with Gasteiger partial charge in [0, 0.05) is 5.56 Å². The SMILES string of the molecule is COc1ccccc1[C@H]1[C@H]2C(=O)N(c3c(Cl)cccc3Cl)C(=O)[C@H]2ON1c1ccccc1. The number of fused-ring (bicyclic) bond motifs is 1. The van der Waals surface area contributed by atoms with Gasteiger partial charge in [-0.3, -0.25) is 14.4 Å². The van der Waals surface area contributed by atoms with Gasteiger partial charge in [0.25, 0.3) is 5.91 Å². The number of amides is 2. The first-order valence-corrected chi connectivity index (χ1v) is 10.7. The largest absolute Gasteiger partial charge is 0.496 e. The van der Waals surface area contributed by atoms with E-state index < -0.39 is 29.9 Å². The fourth-order valence-electron chi connectivity index (χ4n) is 4.36. The smallest absolute Gasteiger partial charge is 0.266 e. The highest BCUT2D eigenvalue weighted by Crippen LogP contribution is 2.50. The molecule has 3 aromatic carbocycles. The van der Waals surface area contributed by atoms with Gasteiger partial charge < -0.3 is 4.74 Å². The van der Waals surface area contributed by atoms with Gasteiger partial charge in [0.15, 0.2) is 6.10 Å². The number of hydroxylamine groups is 1. The van der Waals surface area contributed by atoms with E-state index in [2.05, 4.69) is 0 Å². The first-order chi connectivity index (χ1) is 15.5. The maximum absolute atomic E-state index is 13.7. The van der Waals surface area contributed by atoms with Gasteiger partial charge in [-0.15, -0.1) is 0 Å². The molecule has 2 amide bonds. The van der Waals surface area contributed by atoms with Gasteiger partial charge in [-0.25, -0.2) is 9.96 Å². The van der Waals surface area contributed by atoms with E-state index in [-0.39, 0.29) is 15.7 Å². The average molecular weight is 469 g/mol. The summed E-state index contributed by atoms with van der Waals surface area (Å²) in [4.78, 5) is 34.3. The molecule has 5 rings (SSSR count). The fraction of sp³-hybridized carbons (Fsp3) is 0.167. The quantitative estimate of drug-likeness (QED) is 0.501. The van der Waals surface area contributed by atoms with Crippen molar-refractivity contribution in [2.45, 2.75) is 12.1 Å². The monoisotopic (exact) mass is 468 g/mol. The predicted molar refractivity (Wildman–Crippen MR) is 122 cm³/mol. The van der Waals surface area contributed by atoms with Crippen LogP contribution in [0.15, 0.2) is 72.8 Å². The van der Waals surface area contributed by atoms with Crippen LogP contribution in [0.1, 0.15) is 11.6 Å². The second kappa shape index (κ2) is 8.13. The molecular weight excluding hydrogens is 451 g/mol. The number of ether oxygens (including phenoxy) is 1. The summed E-state index contributed by atoms with van der Waals surface area (Å²) in [5.41, 5.74) is 1.63. The van der Waals surface area contributed by atoms with Crippen LogP contribution >= 0.6 is 23.2 Å². The van der Waals surface area contributed by atoms with Gasteiger partial charge in [-0.05, 0) is 30.3 Å². The summed E-state index contributed by atoms with van der Waals surface area (Å²) in [5, 5.41) is 2.05. The topological polar surface area (TPSA) is 59.1 Å². The van der Waals surface area contributed by atoms with Crippen molar-refractivity contribution < 1.29 is 19.2 Å².